The van der Waals surface area contributed by atoms with Gasteiger partial charge in [-0.25, -0.2) is 18.7 Å². The fraction of sp³-hybridized carbons (Fsp3) is 0.586. The van der Waals surface area contributed by atoms with Crippen molar-refractivity contribution in [3.63, 3.8) is 0 Å². The minimum atomic E-state index is -2.78. The summed E-state index contributed by atoms with van der Waals surface area (Å²) in [6, 6.07) is 7.44. The van der Waals surface area contributed by atoms with Crippen LogP contribution < -0.4 is 4.90 Å². The first-order chi connectivity index (χ1) is 19.6. The Morgan fingerprint density at radius 3 is 2.41 bits per heavy atom. The van der Waals surface area contributed by atoms with Crippen LogP contribution in [0.3, 0.4) is 0 Å². The molecular formula is C29H36F2N8O2. The van der Waals surface area contributed by atoms with Gasteiger partial charge < -0.3 is 19.3 Å². The summed E-state index contributed by atoms with van der Waals surface area (Å²) < 4.78 is 38.0. The molecule has 10 nitrogen and oxygen atoms in total. The topological polar surface area (TPSA) is 97.4 Å². The third-order valence-electron chi connectivity index (χ3n) is 8.97. The van der Waals surface area contributed by atoms with Crippen molar-refractivity contribution in [1.29, 1.82) is 0 Å². The number of para-hydroxylation sites is 2. The van der Waals surface area contributed by atoms with Crippen molar-refractivity contribution in [2.75, 3.05) is 44.3 Å². The monoisotopic (exact) mass is 566 g/mol. The highest BCUT2D eigenvalue weighted by Crippen LogP contribution is 2.56. The molecule has 0 bridgehead atoms. The van der Waals surface area contributed by atoms with Gasteiger partial charge in [-0.1, -0.05) is 12.1 Å². The predicted octanol–water partition coefficient (Wildman–Crippen LogP) is 3.64. The number of aliphatic hydroxyl groups is 1. The molecule has 1 saturated carbocycles. The Bertz CT molecular complexity index is 1600. The molecular weight excluding hydrogens is 530 g/mol. The number of hydrogen-bond donors (Lipinski definition) is 1. The van der Waals surface area contributed by atoms with E-state index >= 15 is 0 Å². The number of fused-ring (bicyclic) bond motifs is 2. The Kier molecular flexibility index (Phi) is 6.29. The van der Waals surface area contributed by atoms with Gasteiger partial charge in [0.2, 0.25) is 5.95 Å². The molecule has 3 fully saturated rings. The molecule has 41 heavy (non-hydrogen) atoms. The molecule has 5 heterocycles. The van der Waals surface area contributed by atoms with Crippen LogP contribution in [0.4, 0.5) is 14.6 Å². The fourth-order valence-electron chi connectivity index (χ4n) is 6.30. The van der Waals surface area contributed by atoms with Crippen LogP contribution in [-0.2, 0) is 18.3 Å². The van der Waals surface area contributed by atoms with E-state index in [1.54, 1.807) is 4.57 Å². The molecule has 4 aromatic rings. The summed E-state index contributed by atoms with van der Waals surface area (Å²) in [7, 11) is 1.95. The number of nitrogens with zero attached hydrogens (tertiary/aromatic N) is 8. The van der Waals surface area contributed by atoms with Crippen LogP contribution in [-0.4, -0.2) is 90.0 Å². The van der Waals surface area contributed by atoms with Crippen LogP contribution in [0, 0.1) is 5.92 Å². The van der Waals surface area contributed by atoms with Crippen molar-refractivity contribution in [2.45, 2.75) is 57.1 Å². The third-order valence-corrected chi connectivity index (χ3v) is 8.97. The Labute approximate surface area is 237 Å². The minimum Gasteiger partial charge on any atom is -0.390 e. The van der Waals surface area contributed by atoms with E-state index < -0.39 is 17.4 Å². The molecule has 2 saturated heterocycles. The van der Waals surface area contributed by atoms with Crippen molar-refractivity contribution in [3.8, 4) is 5.95 Å². The number of morpholine rings is 1. The van der Waals surface area contributed by atoms with Crippen LogP contribution in [0.5, 0.6) is 0 Å². The van der Waals surface area contributed by atoms with Crippen molar-refractivity contribution >= 4 is 28.0 Å². The molecule has 0 radical (unpaired) electrons. The Hall–Kier alpha value is -3.22. The second kappa shape index (κ2) is 9.67. The molecule has 7 rings (SSSR count). The van der Waals surface area contributed by atoms with E-state index in [1.165, 1.54) is 0 Å². The molecule has 1 aromatic carbocycles. The highest BCUT2D eigenvalue weighted by atomic mass is 19.3. The number of likely N-dealkylation sites (tertiary alicyclic amines) is 1. The second-order valence-corrected chi connectivity index (χ2v) is 12.2. The number of aromatic nitrogens is 6. The standard InChI is InChI=1S/C29H36F2N8O2/c1-28(2,40)18-8-10-37(11-9-18)17-22-33-23-25(36(22)3)34-27(35-26(23)38-12-14-41-15-13-38)39-21-7-5-4-6-20(21)32-24(39)19-16-29(19,30)31/h4-7,18-19,40H,8-17H2,1-3H3/t19-/m1/s1. The number of imidazole rings is 2. The van der Waals surface area contributed by atoms with Gasteiger partial charge in [0.25, 0.3) is 5.92 Å². The van der Waals surface area contributed by atoms with Crippen LogP contribution in [0.2, 0.25) is 0 Å². The van der Waals surface area contributed by atoms with Crippen molar-refractivity contribution in [2.24, 2.45) is 13.0 Å². The van der Waals surface area contributed by atoms with E-state index in [-0.39, 0.29) is 12.3 Å². The second-order valence-electron chi connectivity index (χ2n) is 12.2. The summed E-state index contributed by atoms with van der Waals surface area (Å²) in [5.74, 6) is -1.30. The highest BCUT2D eigenvalue weighted by Gasteiger charge is 2.60. The van der Waals surface area contributed by atoms with Gasteiger partial charge in [-0.15, -0.1) is 0 Å². The number of halogens is 2. The fourth-order valence-corrected chi connectivity index (χ4v) is 6.30. The number of hydrogen-bond acceptors (Lipinski definition) is 8. The van der Waals surface area contributed by atoms with Crippen LogP contribution in [0.1, 0.15) is 50.7 Å². The number of aryl methyl sites for hydroxylation is 1. The van der Waals surface area contributed by atoms with Gasteiger partial charge in [0.1, 0.15) is 11.6 Å². The molecule has 218 valence electrons. The summed E-state index contributed by atoms with van der Waals surface area (Å²) in [6.07, 6.45) is 1.63. The van der Waals surface area contributed by atoms with Gasteiger partial charge in [0.05, 0.1) is 42.3 Å². The lowest BCUT2D eigenvalue weighted by atomic mass is 9.83. The molecule has 0 amide bonds. The maximum atomic E-state index is 14.4. The zero-order valence-electron chi connectivity index (χ0n) is 23.7. The molecule has 0 spiro atoms. The zero-order valence-corrected chi connectivity index (χ0v) is 23.7. The third kappa shape index (κ3) is 4.75. The molecule has 3 aliphatic rings. The van der Waals surface area contributed by atoms with Crippen LogP contribution in [0.25, 0.3) is 28.1 Å². The van der Waals surface area contributed by atoms with Crippen LogP contribution >= 0.6 is 0 Å². The average molecular weight is 567 g/mol. The van der Waals surface area contributed by atoms with E-state index in [1.807, 2.05) is 49.7 Å². The lowest BCUT2D eigenvalue weighted by molar-refractivity contribution is -0.0139. The highest BCUT2D eigenvalue weighted by molar-refractivity contribution is 5.86. The van der Waals surface area contributed by atoms with Gasteiger partial charge in [-0.3, -0.25) is 9.47 Å². The SMILES string of the molecule is Cn1c(CN2CCC(C(C)(C)O)CC2)nc2c(N3CCOCC3)nc(-n3c([C@H]4CC4(F)F)nc4ccccc43)nc21. The van der Waals surface area contributed by atoms with E-state index in [9.17, 15) is 13.9 Å². The maximum Gasteiger partial charge on any atom is 0.259 e. The summed E-state index contributed by atoms with van der Waals surface area (Å²) >= 11 is 0. The minimum absolute atomic E-state index is 0.227. The summed E-state index contributed by atoms with van der Waals surface area (Å²) in [4.78, 5) is 24.1. The summed E-state index contributed by atoms with van der Waals surface area (Å²) in [5, 5.41) is 10.5. The molecule has 1 N–H and O–H groups in total. The molecule has 1 atom stereocenters. The summed E-state index contributed by atoms with van der Waals surface area (Å²) in [5.41, 5.74) is 2.02. The summed E-state index contributed by atoms with van der Waals surface area (Å²) in [6.45, 7) is 8.64. The molecule has 12 heteroatoms. The molecule has 1 aliphatic carbocycles. The van der Waals surface area contributed by atoms with Gasteiger partial charge in [0, 0.05) is 26.6 Å². The van der Waals surface area contributed by atoms with Gasteiger partial charge in [-0.2, -0.15) is 9.97 Å². The van der Waals surface area contributed by atoms with Crippen molar-refractivity contribution in [1.82, 2.24) is 34.0 Å². The first-order valence-corrected chi connectivity index (χ1v) is 14.5. The first-order valence-electron chi connectivity index (χ1n) is 14.5. The van der Waals surface area contributed by atoms with E-state index in [2.05, 4.69) is 14.8 Å². The molecule has 2 aliphatic heterocycles. The number of ether oxygens (including phenoxy) is 1. The Balaban J connectivity index is 1.32. The Morgan fingerprint density at radius 2 is 1.73 bits per heavy atom. The quantitative estimate of drug-likeness (QED) is 0.378. The van der Waals surface area contributed by atoms with Gasteiger partial charge in [0.15, 0.2) is 17.0 Å². The van der Waals surface area contributed by atoms with Gasteiger partial charge in [-0.05, 0) is 57.8 Å². The van der Waals surface area contributed by atoms with Gasteiger partial charge >= 0.3 is 0 Å². The lowest BCUT2D eigenvalue weighted by Gasteiger charge is -2.37. The lowest BCUT2D eigenvalue weighted by Crippen LogP contribution is -2.41. The van der Waals surface area contributed by atoms with E-state index in [0.717, 1.165) is 31.8 Å². The zero-order chi connectivity index (χ0) is 28.5. The largest absolute Gasteiger partial charge is 0.390 e. The number of piperidine rings is 1. The first kappa shape index (κ1) is 26.7. The molecule has 0 unspecified atom stereocenters. The smallest absolute Gasteiger partial charge is 0.259 e. The predicted molar refractivity (Wildman–Crippen MR) is 151 cm³/mol. The van der Waals surface area contributed by atoms with Crippen molar-refractivity contribution < 1.29 is 18.6 Å². The van der Waals surface area contributed by atoms with E-state index in [0.29, 0.717) is 72.6 Å². The van der Waals surface area contributed by atoms with Crippen LogP contribution in [0.15, 0.2) is 24.3 Å². The normalized spacial score (nSPS) is 22.2. The molecule has 3 aromatic heterocycles. The average Bonchev–Trinajstić information content (AvgIpc) is 3.27. The number of alkyl halides is 2. The number of rotatable bonds is 6. The maximum absolute atomic E-state index is 14.4. The van der Waals surface area contributed by atoms with E-state index in [4.69, 9.17) is 19.7 Å². The number of anilines is 1. The Morgan fingerprint density at radius 1 is 1.02 bits per heavy atom. The number of benzene rings is 1. The van der Waals surface area contributed by atoms with Crippen molar-refractivity contribution in [3.05, 3.63) is 35.9 Å².